The van der Waals surface area contributed by atoms with E-state index in [2.05, 4.69) is 40.7 Å². The zero-order chi connectivity index (χ0) is 22.9. The third kappa shape index (κ3) is 5.82. The average molecular weight is 437 g/mol. The monoisotopic (exact) mass is 436 g/mol. The van der Waals surface area contributed by atoms with Gasteiger partial charge in [-0.15, -0.1) is 0 Å². The van der Waals surface area contributed by atoms with E-state index in [1.165, 1.54) is 0 Å². The molecule has 3 aromatic rings. The van der Waals surface area contributed by atoms with Gasteiger partial charge in [-0.05, 0) is 42.8 Å². The smallest absolute Gasteiger partial charge is 0.147 e. The van der Waals surface area contributed by atoms with Gasteiger partial charge in [0.15, 0.2) is 0 Å². The molecule has 0 radical (unpaired) electrons. The van der Waals surface area contributed by atoms with Crippen molar-refractivity contribution in [3.63, 3.8) is 0 Å². The van der Waals surface area contributed by atoms with Crippen LogP contribution in [0.5, 0.6) is 5.75 Å². The first-order valence-electron chi connectivity index (χ1n) is 11.2. The Morgan fingerprint density at radius 2 is 1.91 bits per heavy atom. The molecule has 5 heteroatoms. The molecule has 0 spiro atoms. The lowest BCUT2D eigenvalue weighted by molar-refractivity contribution is 0.436. The number of hydrazine groups is 1. The molecule has 0 fully saturated rings. The van der Waals surface area contributed by atoms with Crippen LogP contribution < -0.4 is 21.3 Å². The summed E-state index contributed by atoms with van der Waals surface area (Å²) in [5.74, 6) is 7.87. The largest absolute Gasteiger partial charge is 0.455 e. The van der Waals surface area contributed by atoms with Gasteiger partial charge in [0.25, 0.3) is 0 Å². The van der Waals surface area contributed by atoms with Gasteiger partial charge in [-0.2, -0.15) is 0 Å². The molecule has 0 saturated carbocycles. The molecule has 166 valence electrons. The molecule has 1 aromatic heterocycles. The molecule has 1 aliphatic rings. The molecule has 33 heavy (non-hydrogen) atoms. The summed E-state index contributed by atoms with van der Waals surface area (Å²) in [5, 5.41) is 0. The summed E-state index contributed by atoms with van der Waals surface area (Å²) in [5.41, 5.74) is 17.8. The zero-order valence-electron chi connectivity index (χ0n) is 18.8. The van der Waals surface area contributed by atoms with Crippen molar-refractivity contribution in [1.29, 1.82) is 0 Å². The van der Waals surface area contributed by atoms with Gasteiger partial charge < -0.3 is 21.3 Å². The standard InChI is InChI=1S/C28H28N4O/c1-2-3-5-8-21-11-14-26(23-12-13-24(15-16-29)30-19-23)28(17-21)33-25-18-27(32-31-20-25)22-9-6-4-7-10-22/h4,6-7,9-14,17-20,31-32H,2-3,15-16,29H2,1H3. The van der Waals surface area contributed by atoms with Gasteiger partial charge in [0.05, 0.1) is 11.9 Å². The van der Waals surface area contributed by atoms with Gasteiger partial charge >= 0.3 is 0 Å². The Labute approximate surface area is 195 Å². The molecular formula is C28H28N4O. The number of hydrogen-bond donors (Lipinski definition) is 3. The van der Waals surface area contributed by atoms with E-state index < -0.39 is 0 Å². The molecule has 4 N–H and O–H groups in total. The Morgan fingerprint density at radius 3 is 2.67 bits per heavy atom. The predicted molar refractivity (Wildman–Crippen MR) is 134 cm³/mol. The number of nitrogens with one attached hydrogen (secondary N) is 2. The molecule has 0 aliphatic carbocycles. The Hall–Kier alpha value is -4.01. The van der Waals surface area contributed by atoms with Gasteiger partial charge in [-0.1, -0.05) is 55.2 Å². The van der Waals surface area contributed by atoms with Gasteiger partial charge in [0.2, 0.25) is 0 Å². The summed E-state index contributed by atoms with van der Waals surface area (Å²) in [7, 11) is 0. The van der Waals surface area contributed by atoms with Gasteiger partial charge in [0, 0.05) is 47.5 Å². The van der Waals surface area contributed by atoms with Crippen molar-refractivity contribution in [1.82, 2.24) is 15.8 Å². The predicted octanol–water partition coefficient (Wildman–Crippen LogP) is 4.77. The lowest BCUT2D eigenvalue weighted by Gasteiger charge is -2.19. The number of rotatable bonds is 7. The second kappa shape index (κ2) is 11.0. The second-order valence-electron chi connectivity index (χ2n) is 7.68. The van der Waals surface area contributed by atoms with Crippen LogP contribution in [0.25, 0.3) is 16.8 Å². The minimum Gasteiger partial charge on any atom is -0.455 e. The number of ether oxygens (including phenoxy) is 1. The average Bonchev–Trinajstić information content (AvgIpc) is 2.86. The van der Waals surface area contributed by atoms with Crippen LogP contribution in [0.4, 0.5) is 0 Å². The number of hydrogen-bond acceptors (Lipinski definition) is 5. The normalized spacial score (nSPS) is 12.4. The van der Waals surface area contributed by atoms with Crippen molar-refractivity contribution in [2.24, 2.45) is 5.73 Å². The first kappa shape index (κ1) is 22.2. The van der Waals surface area contributed by atoms with E-state index >= 15 is 0 Å². The summed E-state index contributed by atoms with van der Waals surface area (Å²) >= 11 is 0. The van der Waals surface area contributed by atoms with E-state index in [0.717, 1.165) is 58.7 Å². The van der Waals surface area contributed by atoms with Crippen LogP contribution >= 0.6 is 0 Å². The lowest BCUT2D eigenvalue weighted by atomic mass is 10.0. The Kier molecular flexibility index (Phi) is 7.42. The molecule has 0 atom stereocenters. The van der Waals surface area contributed by atoms with Crippen molar-refractivity contribution in [3.8, 4) is 28.7 Å². The van der Waals surface area contributed by atoms with E-state index in [4.69, 9.17) is 10.5 Å². The van der Waals surface area contributed by atoms with Crippen molar-refractivity contribution in [2.45, 2.75) is 26.2 Å². The number of benzene rings is 2. The highest BCUT2D eigenvalue weighted by Gasteiger charge is 2.13. The van der Waals surface area contributed by atoms with E-state index in [1.54, 1.807) is 6.20 Å². The van der Waals surface area contributed by atoms with Crippen LogP contribution in [-0.4, -0.2) is 11.5 Å². The van der Waals surface area contributed by atoms with Crippen LogP contribution in [0.3, 0.4) is 0 Å². The number of pyridine rings is 1. The maximum absolute atomic E-state index is 6.38. The maximum atomic E-state index is 6.38. The van der Waals surface area contributed by atoms with Crippen molar-refractivity contribution >= 4 is 5.70 Å². The van der Waals surface area contributed by atoms with E-state index in [0.29, 0.717) is 12.3 Å². The fourth-order valence-electron chi connectivity index (χ4n) is 3.46. The molecule has 0 amide bonds. The first-order chi connectivity index (χ1) is 16.3. The molecule has 1 aliphatic heterocycles. The highest BCUT2D eigenvalue weighted by atomic mass is 16.5. The topological polar surface area (TPSA) is 72.2 Å². The maximum Gasteiger partial charge on any atom is 0.147 e. The van der Waals surface area contributed by atoms with Crippen LogP contribution in [0.2, 0.25) is 0 Å². The Morgan fingerprint density at radius 1 is 1.03 bits per heavy atom. The van der Waals surface area contributed by atoms with Gasteiger partial charge in [-0.3, -0.25) is 4.98 Å². The molecule has 5 nitrogen and oxygen atoms in total. The number of allylic oxidation sites excluding steroid dienone is 1. The molecule has 0 unspecified atom stereocenters. The fraction of sp³-hybridized carbons (Fsp3) is 0.179. The Balaban J connectivity index is 1.67. The minimum absolute atomic E-state index is 0.580. The SMILES string of the molecule is CCCC#Cc1ccc(-c2ccc(CCN)nc2)c(OC2=CNNC(c3ccccc3)=C2)c1. The molecule has 0 bridgehead atoms. The number of nitrogens with zero attached hydrogens (tertiary/aromatic N) is 1. The molecular weight excluding hydrogens is 408 g/mol. The molecule has 0 saturated heterocycles. The van der Waals surface area contributed by atoms with E-state index in [9.17, 15) is 0 Å². The highest BCUT2D eigenvalue weighted by molar-refractivity contribution is 5.72. The minimum atomic E-state index is 0.580. The van der Waals surface area contributed by atoms with Crippen molar-refractivity contribution in [2.75, 3.05) is 6.54 Å². The van der Waals surface area contributed by atoms with E-state index in [1.807, 2.05) is 66.9 Å². The van der Waals surface area contributed by atoms with E-state index in [-0.39, 0.29) is 0 Å². The first-order valence-corrected chi connectivity index (χ1v) is 11.2. The third-order valence-corrected chi connectivity index (χ3v) is 5.15. The number of nitrogens with two attached hydrogens (primary N) is 1. The van der Waals surface area contributed by atoms with Crippen LogP contribution in [0, 0.1) is 11.8 Å². The Bertz CT molecular complexity index is 1200. The fourth-order valence-corrected chi connectivity index (χ4v) is 3.46. The lowest BCUT2D eigenvalue weighted by Crippen LogP contribution is -2.29. The quantitative estimate of drug-likeness (QED) is 0.465. The molecule has 2 heterocycles. The van der Waals surface area contributed by atoms with Crippen molar-refractivity contribution in [3.05, 3.63) is 102 Å². The van der Waals surface area contributed by atoms with Crippen LogP contribution in [0.15, 0.2) is 84.9 Å². The summed E-state index contributed by atoms with van der Waals surface area (Å²) < 4.78 is 6.38. The summed E-state index contributed by atoms with van der Waals surface area (Å²) in [6, 6.07) is 20.2. The molecule has 2 aromatic carbocycles. The third-order valence-electron chi connectivity index (χ3n) is 5.15. The second-order valence-corrected chi connectivity index (χ2v) is 7.68. The summed E-state index contributed by atoms with van der Waals surface area (Å²) in [6.07, 6.45) is 8.31. The van der Waals surface area contributed by atoms with Gasteiger partial charge in [0.1, 0.15) is 11.5 Å². The van der Waals surface area contributed by atoms with Crippen molar-refractivity contribution < 1.29 is 4.74 Å². The highest BCUT2D eigenvalue weighted by Crippen LogP contribution is 2.33. The molecule has 4 rings (SSSR count). The van der Waals surface area contributed by atoms with Crippen LogP contribution in [0.1, 0.15) is 36.6 Å². The number of unbranched alkanes of at least 4 members (excludes halogenated alkanes) is 1. The zero-order valence-corrected chi connectivity index (χ0v) is 18.8. The van der Waals surface area contributed by atoms with Crippen LogP contribution in [-0.2, 0) is 6.42 Å². The number of aromatic nitrogens is 1. The summed E-state index contributed by atoms with van der Waals surface area (Å²) in [4.78, 5) is 4.56. The van der Waals surface area contributed by atoms with Gasteiger partial charge in [-0.25, -0.2) is 0 Å². The summed E-state index contributed by atoms with van der Waals surface area (Å²) in [6.45, 7) is 2.71.